The van der Waals surface area contributed by atoms with Gasteiger partial charge in [0.1, 0.15) is 0 Å². The maximum absolute atomic E-state index is 11.5. The van der Waals surface area contributed by atoms with Gasteiger partial charge >= 0.3 is 39.4 Å². The predicted octanol–water partition coefficient (Wildman–Crippen LogP) is 1.25. The fraction of sp³-hybridized carbons (Fsp3) is 1.00. The van der Waals surface area contributed by atoms with Crippen molar-refractivity contribution in [3.8, 4) is 0 Å². The van der Waals surface area contributed by atoms with Crippen molar-refractivity contribution in [2.24, 2.45) is 0 Å². The van der Waals surface area contributed by atoms with Gasteiger partial charge < -0.3 is 4.55 Å². The van der Waals surface area contributed by atoms with E-state index in [1.807, 2.05) is 0 Å². The van der Waals surface area contributed by atoms with Gasteiger partial charge in [-0.25, -0.2) is 4.21 Å². The van der Waals surface area contributed by atoms with Crippen molar-refractivity contribution in [1.82, 2.24) is 0 Å². The molecule has 0 heterocycles. The van der Waals surface area contributed by atoms with E-state index in [4.69, 9.17) is 4.55 Å². The summed E-state index contributed by atoms with van der Waals surface area (Å²) in [5.74, 6) is 0. The Morgan fingerprint density at radius 1 is 1.27 bits per heavy atom. The average Bonchev–Trinajstić information content (AvgIpc) is 1.62. The van der Waals surface area contributed by atoms with Crippen LogP contribution in [-0.2, 0) is 11.1 Å². The zero-order valence-corrected chi connectivity index (χ0v) is 6.48. The molecule has 0 saturated carbocycles. The third-order valence-electron chi connectivity index (χ3n) is 0.549. The first kappa shape index (κ1) is 15.0. The number of alkyl halides is 5. The number of hydrogen-bond acceptors (Lipinski definition) is 1. The van der Waals surface area contributed by atoms with Gasteiger partial charge in [0.25, 0.3) is 0 Å². The Hall–Kier alpha value is 1.48. The van der Waals surface area contributed by atoms with Crippen LogP contribution in [0.25, 0.3) is 0 Å². The van der Waals surface area contributed by atoms with Crippen LogP contribution in [0.4, 0.5) is 13.2 Å². The molecule has 0 spiro atoms. The molecule has 0 radical (unpaired) electrons. The van der Waals surface area contributed by atoms with E-state index in [-0.39, 0.29) is 29.6 Å². The first-order chi connectivity index (χ1) is 4.19. The minimum atomic E-state index is -5.10. The Balaban J connectivity index is 0. The van der Waals surface area contributed by atoms with Crippen LogP contribution in [0.1, 0.15) is 0 Å². The van der Waals surface area contributed by atoms with Gasteiger partial charge in [-0.2, -0.15) is 13.2 Å². The summed E-state index contributed by atoms with van der Waals surface area (Å²) in [6.07, 6.45) is -5.10. The van der Waals surface area contributed by atoms with Crippen LogP contribution in [0.5, 0.6) is 0 Å². The molecule has 0 aromatic carbocycles. The van der Waals surface area contributed by atoms with E-state index in [9.17, 15) is 17.4 Å². The van der Waals surface area contributed by atoms with Gasteiger partial charge in [0.15, 0.2) is 11.1 Å². The van der Waals surface area contributed by atoms with Crippen LogP contribution in [0, 0.1) is 0 Å². The van der Waals surface area contributed by atoms with E-state index in [0.29, 0.717) is 0 Å². The molecule has 0 saturated heterocycles. The van der Waals surface area contributed by atoms with Gasteiger partial charge in [0.05, 0.1) is 0 Å². The summed E-state index contributed by atoms with van der Waals surface area (Å²) < 4.78 is 48.5. The Labute approximate surface area is 95.0 Å². The van der Waals surface area contributed by atoms with E-state index in [1.165, 1.54) is 0 Å². The van der Waals surface area contributed by atoms with Crippen LogP contribution < -0.4 is 0 Å². The van der Waals surface area contributed by atoms with Crippen LogP contribution >= 0.6 is 23.2 Å². The fourth-order valence-corrected chi connectivity index (χ4v) is 0.297. The summed E-state index contributed by atoms with van der Waals surface area (Å²) in [5, 5.41) is 0. The summed E-state index contributed by atoms with van der Waals surface area (Å²) in [6.45, 7) is 0. The molecule has 0 aliphatic carbocycles. The van der Waals surface area contributed by atoms with E-state index < -0.39 is 20.9 Å². The molecule has 0 aliphatic rings. The summed E-state index contributed by atoms with van der Waals surface area (Å²) in [7, 11) is 0. The van der Waals surface area contributed by atoms with Crippen LogP contribution in [-0.4, -0.2) is 48.2 Å². The SMILES string of the molecule is O=S(O)C(Cl)(Cl)C(F)(F)F.[NaH]. The van der Waals surface area contributed by atoms with Crippen molar-refractivity contribution in [2.75, 3.05) is 0 Å². The first-order valence-corrected chi connectivity index (χ1v) is 3.61. The van der Waals surface area contributed by atoms with Crippen molar-refractivity contribution >= 4 is 63.8 Å². The first-order valence-electron chi connectivity index (χ1n) is 1.75. The fourth-order valence-electron chi connectivity index (χ4n) is 0.0990. The van der Waals surface area contributed by atoms with E-state index in [2.05, 4.69) is 23.2 Å². The summed E-state index contributed by atoms with van der Waals surface area (Å²) in [5.41, 5.74) is 0. The van der Waals surface area contributed by atoms with Gasteiger partial charge in [-0.15, -0.1) is 0 Å². The monoisotopic (exact) mass is 240 g/mol. The van der Waals surface area contributed by atoms with E-state index in [0.717, 1.165) is 0 Å². The van der Waals surface area contributed by atoms with Crippen molar-refractivity contribution < 1.29 is 21.9 Å². The Morgan fingerprint density at radius 3 is 1.55 bits per heavy atom. The van der Waals surface area contributed by atoms with Gasteiger partial charge in [-0.1, -0.05) is 23.2 Å². The molecule has 64 valence electrons. The number of rotatable bonds is 1. The van der Waals surface area contributed by atoms with Gasteiger partial charge in [-0.05, 0) is 0 Å². The second-order valence-corrected chi connectivity index (χ2v) is 4.15. The second-order valence-electron chi connectivity index (χ2n) is 1.26. The molecule has 0 aliphatic heterocycles. The van der Waals surface area contributed by atoms with Gasteiger partial charge in [-0.3, -0.25) is 0 Å². The normalized spacial score (nSPS) is 15.5. The standard InChI is InChI=1S/C2HCl2F3O2S.Na.H/c3-1(4,10(8)9)2(5,6)7;;/h(H,8,9);;. The number of halogens is 5. The van der Waals surface area contributed by atoms with Gasteiger partial charge in [0, 0.05) is 0 Å². The van der Waals surface area contributed by atoms with E-state index in [1.54, 1.807) is 0 Å². The summed E-state index contributed by atoms with van der Waals surface area (Å²) in [6, 6.07) is 0. The molecule has 0 fully saturated rings. The minimum absolute atomic E-state index is 0. The topological polar surface area (TPSA) is 37.3 Å². The van der Waals surface area contributed by atoms with Crippen molar-refractivity contribution in [3.05, 3.63) is 0 Å². The molecule has 0 aromatic heterocycles. The molecular weight excluding hydrogens is 239 g/mol. The molecule has 1 atom stereocenters. The third kappa shape index (κ3) is 3.80. The summed E-state index contributed by atoms with van der Waals surface area (Å²) in [4.78, 5) is 0. The van der Waals surface area contributed by atoms with Crippen molar-refractivity contribution in [1.29, 1.82) is 0 Å². The molecule has 0 rings (SSSR count). The van der Waals surface area contributed by atoms with Crippen molar-refractivity contribution in [3.63, 3.8) is 0 Å². The quantitative estimate of drug-likeness (QED) is 0.426. The zero-order chi connectivity index (χ0) is 8.58. The molecule has 0 aromatic rings. The van der Waals surface area contributed by atoms with Crippen LogP contribution in [0.3, 0.4) is 0 Å². The predicted molar refractivity (Wildman–Crippen MR) is 38.4 cm³/mol. The van der Waals surface area contributed by atoms with Crippen LogP contribution in [0.15, 0.2) is 0 Å². The molecule has 11 heavy (non-hydrogen) atoms. The molecule has 9 heteroatoms. The Bertz CT molecular complexity index is 160. The average molecular weight is 241 g/mol. The molecule has 1 N–H and O–H groups in total. The Morgan fingerprint density at radius 2 is 1.55 bits per heavy atom. The number of hydrogen-bond donors (Lipinski definition) is 1. The Kier molecular flexibility index (Phi) is 6.32. The molecule has 1 unspecified atom stereocenters. The molecule has 0 amide bonds. The molecule has 0 bridgehead atoms. The molecule has 2 nitrogen and oxygen atoms in total. The van der Waals surface area contributed by atoms with Crippen molar-refractivity contribution in [2.45, 2.75) is 9.84 Å². The summed E-state index contributed by atoms with van der Waals surface area (Å²) >= 11 is 5.54. The maximum atomic E-state index is 11.5. The molecular formula is C2H2Cl2F3NaO2S. The van der Waals surface area contributed by atoms with E-state index >= 15 is 0 Å². The second kappa shape index (κ2) is 4.64. The zero-order valence-electron chi connectivity index (χ0n) is 4.15. The van der Waals surface area contributed by atoms with Crippen LogP contribution in [0.2, 0.25) is 0 Å². The third-order valence-corrected chi connectivity index (χ3v) is 2.44. The van der Waals surface area contributed by atoms with Gasteiger partial charge in [0.2, 0.25) is 0 Å².